The van der Waals surface area contributed by atoms with E-state index in [1.54, 1.807) is 17.0 Å². The Balaban J connectivity index is 1.79. The average molecular weight is 371 g/mol. The molecule has 2 aromatic rings. The van der Waals surface area contributed by atoms with Gasteiger partial charge < -0.3 is 10.2 Å². The van der Waals surface area contributed by atoms with E-state index >= 15 is 0 Å². The van der Waals surface area contributed by atoms with Crippen LogP contribution in [0.2, 0.25) is 5.02 Å². The van der Waals surface area contributed by atoms with Crippen LogP contribution in [0.3, 0.4) is 0 Å². The highest BCUT2D eigenvalue weighted by Crippen LogP contribution is 2.32. The second-order valence-corrected chi connectivity index (χ2v) is 7.45. The van der Waals surface area contributed by atoms with Crippen molar-refractivity contribution in [1.82, 2.24) is 0 Å². The lowest BCUT2D eigenvalue weighted by molar-refractivity contribution is -0.122. The van der Waals surface area contributed by atoms with Gasteiger partial charge in [0.15, 0.2) is 0 Å². The molecule has 2 aromatic carbocycles. The number of hydrogen-bond acceptors (Lipinski definition) is 2. The number of halogens is 1. The molecule has 1 atom stereocenters. The van der Waals surface area contributed by atoms with Gasteiger partial charge in [-0.3, -0.25) is 9.59 Å². The first-order valence-corrected chi connectivity index (χ1v) is 9.21. The molecule has 0 aromatic heterocycles. The van der Waals surface area contributed by atoms with Gasteiger partial charge in [-0.1, -0.05) is 55.8 Å². The molecule has 0 spiro atoms. The summed E-state index contributed by atoms with van der Waals surface area (Å²) in [5.41, 5.74) is 3.65. The standard InChI is InChI=1S/C21H23ClN2O2/c1-13(2)16-8-6-7-14(3)20(16)23-21(26)15-11-19(25)24(12-15)18-10-5-4-9-17(18)22/h4-10,13,15H,11-12H2,1-3H3,(H,23,26)/t15-/m1/s1. The van der Waals surface area contributed by atoms with E-state index in [2.05, 4.69) is 19.2 Å². The van der Waals surface area contributed by atoms with Gasteiger partial charge in [0.1, 0.15) is 0 Å². The van der Waals surface area contributed by atoms with E-state index in [0.717, 1.165) is 16.8 Å². The van der Waals surface area contributed by atoms with Gasteiger partial charge in [0.05, 0.1) is 16.6 Å². The zero-order valence-electron chi connectivity index (χ0n) is 15.3. The second kappa shape index (κ2) is 7.50. The lowest BCUT2D eigenvalue weighted by Gasteiger charge is -2.19. The monoisotopic (exact) mass is 370 g/mol. The molecule has 3 rings (SSSR count). The number of rotatable bonds is 4. The van der Waals surface area contributed by atoms with E-state index in [-0.39, 0.29) is 18.2 Å². The number of para-hydroxylation sites is 2. The summed E-state index contributed by atoms with van der Waals surface area (Å²) in [5.74, 6) is -0.287. The van der Waals surface area contributed by atoms with Crippen molar-refractivity contribution < 1.29 is 9.59 Å². The predicted molar refractivity (Wildman–Crippen MR) is 106 cm³/mol. The molecule has 1 saturated heterocycles. The fourth-order valence-electron chi connectivity index (χ4n) is 3.35. The summed E-state index contributed by atoms with van der Waals surface area (Å²) >= 11 is 6.21. The van der Waals surface area contributed by atoms with Gasteiger partial charge >= 0.3 is 0 Å². The van der Waals surface area contributed by atoms with Crippen molar-refractivity contribution in [3.63, 3.8) is 0 Å². The summed E-state index contributed by atoms with van der Waals surface area (Å²) in [7, 11) is 0. The maximum absolute atomic E-state index is 12.8. The fraction of sp³-hybridized carbons (Fsp3) is 0.333. The van der Waals surface area contributed by atoms with E-state index in [1.807, 2.05) is 37.3 Å². The van der Waals surface area contributed by atoms with Crippen LogP contribution in [0, 0.1) is 12.8 Å². The van der Waals surface area contributed by atoms with Crippen molar-refractivity contribution in [2.45, 2.75) is 33.1 Å². The molecule has 1 N–H and O–H groups in total. The number of nitrogens with one attached hydrogen (secondary N) is 1. The van der Waals surface area contributed by atoms with Gasteiger partial charge in [-0.05, 0) is 36.1 Å². The largest absolute Gasteiger partial charge is 0.325 e. The Morgan fingerprint density at radius 3 is 2.62 bits per heavy atom. The molecule has 0 saturated carbocycles. The van der Waals surface area contributed by atoms with Crippen LogP contribution >= 0.6 is 11.6 Å². The predicted octanol–water partition coefficient (Wildman–Crippen LogP) is 4.76. The van der Waals surface area contributed by atoms with Crippen LogP contribution in [0.15, 0.2) is 42.5 Å². The molecule has 0 bridgehead atoms. The molecule has 0 aliphatic carbocycles. The molecule has 1 heterocycles. The summed E-state index contributed by atoms with van der Waals surface area (Å²) in [6.45, 7) is 6.53. The third kappa shape index (κ3) is 3.61. The molecule has 5 heteroatoms. The minimum Gasteiger partial charge on any atom is -0.325 e. The fourth-order valence-corrected chi connectivity index (χ4v) is 3.59. The third-order valence-electron chi connectivity index (χ3n) is 4.81. The number of carbonyl (C=O) groups is 2. The van der Waals surface area contributed by atoms with Crippen LogP contribution in [0.5, 0.6) is 0 Å². The van der Waals surface area contributed by atoms with Crippen LogP contribution < -0.4 is 10.2 Å². The van der Waals surface area contributed by atoms with Crippen molar-refractivity contribution in [2.75, 3.05) is 16.8 Å². The number of benzene rings is 2. The van der Waals surface area contributed by atoms with Crippen molar-refractivity contribution in [2.24, 2.45) is 5.92 Å². The summed E-state index contributed by atoms with van der Waals surface area (Å²) < 4.78 is 0. The molecule has 0 unspecified atom stereocenters. The normalized spacial score (nSPS) is 17.0. The highest BCUT2D eigenvalue weighted by atomic mass is 35.5. The molecular formula is C21H23ClN2O2. The SMILES string of the molecule is Cc1cccc(C(C)C)c1NC(=O)[C@@H]1CC(=O)N(c2ccccc2Cl)C1. The molecule has 1 aliphatic heterocycles. The number of hydrogen-bond donors (Lipinski definition) is 1. The minimum atomic E-state index is -0.390. The Hall–Kier alpha value is -2.33. The Morgan fingerprint density at radius 1 is 1.19 bits per heavy atom. The smallest absolute Gasteiger partial charge is 0.229 e. The molecule has 1 fully saturated rings. The van der Waals surface area contributed by atoms with Crippen molar-refractivity contribution >= 4 is 34.8 Å². The first-order valence-electron chi connectivity index (χ1n) is 8.83. The first-order chi connectivity index (χ1) is 12.4. The average Bonchev–Trinajstić information content (AvgIpc) is 2.98. The summed E-state index contributed by atoms with van der Waals surface area (Å²) in [4.78, 5) is 26.9. The van der Waals surface area contributed by atoms with Crippen LogP contribution in [0.1, 0.15) is 37.3 Å². The van der Waals surface area contributed by atoms with E-state index in [4.69, 9.17) is 11.6 Å². The van der Waals surface area contributed by atoms with Gasteiger partial charge in [0.2, 0.25) is 11.8 Å². The van der Waals surface area contributed by atoms with Gasteiger partial charge in [0, 0.05) is 18.7 Å². The Morgan fingerprint density at radius 2 is 1.92 bits per heavy atom. The van der Waals surface area contributed by atoms with E-state index in [9.17, 15) is 9.59 Å². The van der Waals surface area contributed by atoms with Gasteiger partial charge in [0.25, 0.3) is 0 Å². The topological polar surface area (TPSA) is 49.4 Å². The van der Waals surface area contributed by atoms with Gasteiger partial charge in [-0.2, -0.15) is 0 Å². The summed E-state index contributed by atoms with van der Waals surface area (Å²) in [5, 5.41) is 3.58. The molecule has 26 heavy (non-hydrogen) atoms. The van der Waals surface area contributed by atoms with Crippen LogP contribution in [-0.2, 0) is 9.59 Å². The maximum Gasteiger partial charge on any atom is 0.229 e. The van der Waals surface area contributed by atoms with Gasteiger partial charge in [-0.25, -0.2) is 0 Å². The number of aryl methyl sites for hydroxylation is 1. The quantitative estimate of drug-likeness (QED) is 0.843. The highest BCUT2D eigenvalue weighted by molar-refractivity contribution is 6.33. The zero-order chi connectivity index (χ0) is 18.8. The second-order valence-electron chi connectivity index (χ2n) is 7.04. The Bertz CT molecular complexity index is 848. The third-order valence-corrected chi connectivity index (χ3v) is 5.13. The van der Waals surface area contributed by atoms with Crippen molar-refractivity contribution in [1.29, 1.82) is 0 Å². The van der Waals surface area contributed by atoms with Gasteiger partial charge in [-0.15, -0.1) is 0 Å². The van der Waals surface area contributed by atoms with E-state index in [0.29, 0.717) is 23.2 Å². The van der Waals surface area contributed by atoms with Crippen LogP contribution in [0.25, 0.3) is 0 Å². The summed E-state index contributed by atoms with van der Waals surface area (Å²) in [6, 6.07) is 13.2. The van der Waals surface area contributed by atoms with Crippen LogP contribution in [0.4, 0.5) is 11.4 Å². The number of nitrogens with zero attached hydrogens (tertiary/aromatic N) is 1. The van der Waals surface area contributed by atoms with Crippen LogP contribution in [-0.4, -0.2) is 18.4 Å². The highest BCUT2D eigenvalue weighted by Gasteiger charge is 2.36. The number of anilines is 2. The van der Waals surface area contributed by atoms with Crippen molar-refractivity contribution in [3.8, 4) is 0 Å². The molecule has 4 nitrogen and oxygen atoms in total. The molecule has 1 aliphatic rings. The molecule has 2 amide bonds. The lowest BCUT2D eigenvalue weighted by Crippen LogP contribution is -2.28. The van der Waals surface area contributed by atoms with Crippen molar-refractivity contribution in [3.05, 3.63) is 58.6 Å². The van der Waals surface area contributed by atoms with E-state index in [1.165, 1.54) is 0 Å². The zero-order valence-corrected chi connectivity index (χ0v) is 16.0. The first kappa shape index (κ1) is 18.5. The number of carbonyl (C=O) groups excluding carboxylic acids is 2. The van der Waals surface area contributed by atoms with E-state index < -0.39 is 5.92 Å². The number of amides is 2. The maximum atomic E-state index is 12.8. The molecular weight excluding hydrogens is 348 g/mol. The molecule has 136 valence electrons. The lowest BCUT2D eigenvalue weighted by atomic mass is 9.97. The Kier molecular flexibility index (Phi) is 5.33. The Labute approximate surface area is 159 Å². The summed E-state index contributed by atoms with van der Waals surface area (Å²) in [6.07, 6.45) is 0.194. The molecule has 0 radical (unpaired) electrons. The minimum absolute atomic E-state index is 0.0767.